The Balaban J connectivity index is 1.91. The van der Waals surface area contributed by atoms with Gasteiger partial charge in [0, 0.05) is 6.42 Å². The zero-order valence-corrected chi connectivity index (χ0v) is 11.2. The molecule has 0 spiro atoms. The summed E-state index contributed by atoms with van der Waals surface area (Å²) in [5, 5.41) is 0. The molecule has 1 aliphatic rings. The zero-order valence-electron chi connectivity index (χ0n) is 11.2. The minimum absolute atomic E-state index is 0.329. The SMILES string of the molecule is O=CC(Cc1ccccc1)N1C(=O)c2ccccc2C1=O. The summed E-state index contributed by atoms with van der Waals surface area (Å²) in [7, 11) is 0. The van der Waals surface area contributed by atoms with E-state index >= 15 is 0 Å². The molecule has 104 valence electrons. The van der Waals surface area contributed by atoms with Gasteiger partial charge in [0.05, 0.1) is 17.2 Å². The molecule has 0 aromatic heterocycles. The van der Waals surface area contributed by atoms with Crippen LogP contribution in [-0.2, 0) is 11.2 Å². The summed E-state index contributed by atoms with van der Waals surface area (Å²) in [5.74, 6) is -0.799. The predicted octanol–water partition coefficient (Wildman–Crippen LogP) is 2.09. The van der Waals surface area contributed by atoms with Crippen LogP contribution in [0.2, 0.25) is 0 Å². The van der Waals surface area contributed by atoms with E-state index < -0.39 is 17.9 Å². The van der Waals surface area contributed by atoms with Crippen LogP contribution in [0.15, 0.2) is 54.6 Å². The Kier molecular flexibility index (Phi) is 3.36. The van der Waals surface area contributed by atoms with E-state index in [1.807, 2.05) is 30.3 Å². The van der Waals surface area contributed by atoms with Crippen LogP contribution >= 0.6 is 0 Å². The first-order chi connectivity index (χ1) is 10.2. The van der Waals surface area contributed by atoms with E-state index in [4.69, 9.17) is 0 Å². The van der Waals surface area contributed by atoms with Crippen molar-refractivity contribution in [2.75, 3.05) is 0 Å². The molecule has 0 saturated carbocycles. The van der Waals surface area contributed by atoms with Gasteiger partial charge in [-0.2, -0.15) is 0 Å². The summed E-state index contributed by atoms with van der Waals surface area (Å²) in [5.41, 5.74) is 1.64. The summed E-state index contributed by atoms with van der Waals surface area (Å²) >= 11 is 0. The van der Waals surface area contributed by atoms with Crippen LogP contribution in [-0.4, -0.2) is 29.0 Å². The van der Waals surface area contributed by atoms with Gasteiger partial charge < -0.3 is 4.79 Å². The number of imide groups is 1. The van der Waals surface area contributed by atoms with E-state index in [-0.39, 0.29) is 0 Å². The fourth-order valence-corrected chi connectivity index (χ4v) is 2.56. The summed E-state index contributed by atoms with van der Waals surface area (Å²) in [6.45, 7) is 0. The van der Waals surface area contributed by atoms with Crippen molar-refractivity contribution in [1.82, 2.24) is 4.90 Å². The molecule has 0 N–H and O–H groups in total. The first-order valence-electron chi connectivity index (χ1n) is 6.68. The third-order valence-electron chi connectivity index (χ3n) is 3.60. The Morgan fingerprint density at radius 2 is 1.38 bits per heavy atom. The summed E-state index contributed by atoms with van der Waals surface area (Å²) in [6.07, 6.45) is 0.991. The van der Waals surface area contributed by atoms with Gasteiger partial charge in [-0.15, -0.1) is 0 Å². The first kappa shape index (κ1) is 13.2. The smallest absolute Gasteiger partial charge is 0.262 e. The van der Waals surface area contributed by atoms with Gasteiger partial charge in [0.2, 0.25) is 0 Å². The van der Waals surface area contributed by atoms with Crippen LogP contribution in [0.5, 0.6) is 0 Å². The number of carbonyl (C=O) groups excluding carboxylic acids is 3. The van der Waals surface area contributed by atoms with E-state index in [0.717, 1.165) is 10.5 Å². The van der Waals surface area contributed by atoms with E-state index in [1.54, 1.807) is 24.3 Å². The van der Waals surface area contributed by atoms with Crippen LogP contribution in [0, 0.1) is 0 Å². The maximum absolute atomic E-state index is 12.3. The average Bonchev–Trinajstić information content (AvgIpc) is 2.78. The fraction of sp³-hybridized carbons (Fsp3) is 0.118. The number of amides is 2. The Bertz CT molecular complexity index is 674. The molecular weight excluding hydrogens is 266 g/mol. The van der Waals surface area contributed by atoms with Crippen molar-refractivity contribution in [3.8, 4) is 0 Å². The van der Waals surface area contributed by atoms with Gasteiger partial charge in [0.15, 0.2) is 0 Å². The quantitative estimate of drug-likeness (QED) is 0.636. The van der Waals surface area contributed by atoms with E-state index in [0.29, 0.717) is 23.8 Å². The molecule has 0 fully saturated rings. The van der Waals surface area contributed by atoms with Crippen LogP contribution in [0.3, 0.4) is 0 Å². The third kappa shape index (κ3) is 2.25. The predicted molar refractivity (Wildman–Crippen MR) is 76.9 cm³/mol. The molecule has 21 heavy (non-hydrogen) atoms. The lowest BCUT2D eigenvalue weighted by Crippen LogP contribution is -2.42. The molecule has 0 bridgehead atoms. The van der Waals surface area contributed by atoms with E-state index in [1.165, 1.54) is 0 Å². The van der Waals surface area contributed by atoms with Gasteiger partial charge in [-0.25, -0.2) is 0 Å². The number of nitrogens with zero attached hydrogens (tertiary/aromatic N) is 1. The van der Waals surface area contributed by atoms with E-state index in [9.17, 15) is 14.4 Å². The summed E-state index contributed by atoms with van der Waals surface area (Å²) in [4.78, 5) is 37.1. The summed E-state index contributed by atoms with van der Waals surface area (Å²) in [6, 6.07) is 15.2. The van der Waals surface area contributed by atoms with Crippen molar-refractivity contribution < 1.29 is 14.4 Å². The number of rotatable bonds is 4. The second-order valence-corrected chi connectivity index (χ2v) is 4.92. The summed E-state index contributed by atoms with van der Waals surface area (Å²) < 4.78 is 0. The monoisotopic (exact) mass is 279 g/mol. The number of hydrogen-bond acceptors (Lipinski definition) is 3. The highest BCUT2D eigenvalue weighted by Crippen LogP contribution is 2.25. The number of hydrogen-bond donors (Lipinski definition) is 0. The molecule has 2 aromatic rings. The topological polar surface area (TPSA) is 54.5 Å². The lowest BCUT2D eigenvalue weighted by Gasteiger charge is -2.21. The van der Waals surface area contributed by atoms with Crippen molar-refractivity contribution in [2.45, 2.75) is 12.5 Å². The van der Waals surface area contributed by atoms with Crippen molar-refractivity contribution >= 4 is 18.1 Å². The molecule has 4 heteroatoms. The molecule has 0 aliphatic carbocycles. The Morgan fingerprint density at radius 3 is 1.90 bits per heavy atom. The van der Waals surface area contributed by atoms with Gasteiger partial charge in [-0.3, -0.25) is 14.5 Å². The van der Waals surface area contributed by atoms with Crippen LogP contribution < -0.4 is 0 Å². The third-order valence-corrected chi connectivity index (χ3v) is 3.60. The fourth-order valence-electron chi connectivity index (χ4n) is 2.56. The maximum atomic E-state index is 12.3. The Hall–Kier alpha value is -2.75. The van der Waals surface area contributed by atoms with Crippen LogP contribution in [0.1, 0.15) is 26.3 Å². The second-order valence-electron chi connectivity index (χ2n) is 4.92. The molecule has 0 radical (unpaired) electrons. The standard InChI is InChI=1S/C17H13NO3/c19-11-13(10-12-6-2-1-3-7-12)18-16(20)14-8-4-5-9-15(14)17(18)21/h1-9,11,13H,10H2. The van der Waals surface area contributed by atoms with Crippen molar-refractivity contribution in [3.05, 3.63) is 71.3 Å². The molecule has 2 amide bonds. The lowest BCUT2D eigenvalue weighted by molar-refractivity contribution is -0.111. The number of fused-ring (bicyclic) bond motifs is 1. The number of benzene rings is 2. The minimum atomic E-state index is -0.778. The minimum Gasteiger partial charge on any atom is -0.301 e. The molecular formula is C17H13NO3. The van der Waals surface area contributed by atoms with E-state index in [2.05, 4.69) is 0 Å². The molecule has 3 rings (SSSR count). The highest BCUT2D eigenvalue weighted by molar-refractivity contribution is 6.22. The van der Waals surface area contributed by atoms with Crippen LogP contribution in [0.25, 0.3) is 0 Å². The highest BCUT2D eigenvalue weighted by atomic mass is 16.2. The van der Waals surface area contributed by atoms with Gasteiger partial charge in [-0.05, 0) is 17.7 Å². The Labute approximate surface area is 122 Å². The van der Waals surface area contributed by atoms with Crippen molar-refractivity contribution in [3.63, 3.8) is 0 Å². The molecule has 1 unspecified atom stereocenters. The molecule has 0 saturated heterocycles. The Morgan fingerprint density at radius 1 is 0.857 bits per heavy atom. The van der Waals surface area contributed by atoms with Gasteiger partial charge in [0.1, 0.15) is 6.29 Å². The van der Waals surface area contributed by atoms with Gasteiger partial charge >= 0.3 is 0 Å². The average molecular weight is 279 g/mol. The van der Waals surface area contributed by atoms with Crippen LogP contribution in [0.4, 0.5) is 0 Å². The van der Waals surface area contributed by atoms with Crippen molar-refractivity contribution in [1.29, 1.82) is 0 Å². The molecule has 1 aliphatic heterocycles. The maximum Gasteiger partial charge on any atom is 0.262 e. The number of aldehydes is 1. The second kappa shape index (κ2) is 5.32. The van der Waals surface area contributed by atoms with Gasteiger partial charge in [-0.1, -0.05) is 42.5 Å². The van der Waals surface area contributed by atoms with Crippen molar-refractivity contribution in [2.24, 2.45) is 0 Å². The molecule has 2 aromatic carbocycles. The molecule has 4 nitrogen and oxygen atoms in total. The first-order valence-corrected chi connectivity index (χ1v) is 6.68. The molecule has 1 atom stereocenters. The largest absolute Gasteiger partial charge is 0.301 e. The normalized spacial score (nSPS) is 15.0. The van der Waals surface area contributed by atoms with Gasteiger partial charge in [0.25, 0.3) is 11.8 Å². The molecule has 1 heterocycles. The zero-order chi connectivity index (χ0) is 14.8. The highest BCUT2D eigenvalue weighted by Gasteiger charge is 2.39. The number of carbonyl (C=O) groups is 3. The lowest BCUT2D eigenvalue weighted by atomic mass is 10.1.